The zero-order chi connectivity index (χ0) is 9.14. The van der Waals surface area contributed by atoms with Crippen LogP contribution < -0.4 is 5.73 Å². The maximum Gasteiger partial charge on any atom is 0.273 e. The lowest BCUT2D eigenvalue weighted by molar-refractivity contribution is -0.385. The molecule has 0 unspecified atom stereocenters. The van der Waals surface area contributed by atoms with Crippen molar-refractivity contribution in [3.63, 3.8) is 0 Å². The van der Waals surface area contributed by atoms with Gasteiger partial charge in [0, 0.05) is 18.7 Å². The fraction of sp³-hybridized carbons (Fsp3) is 0.167. The molecule has 1 rings (SSSR count). The molecule has 0 radical (unpaired) electrons. The second kappa shape index (κ2) is 3.76. The summed E-state index contributed by atoms with van der Waals surface area (Å²) in [5.41, 5.74) is 5.87. The van der Waals surface area contributed by atoms with E-state index in [9.17, 15) is 10.1 Å². The highest BCUT2D eigenvalue weighted by molar-refractivity contribution is 14.1. The third kappa shape index (κ3) is 2.11. The van der Waals surface area contributed by atoms with Crippen molar-refractivity contribution in [1.82, 2.24) is 4.98 Å². The Hall–Kier alpha value is -0.760. The Morgan fingerprint density at radius 2 is 2.33 bits per heavy atom. The summed E-state index contributed by atoms with van der Waals surface area (Å²) in [4.78, 5) is 13.9. The van der Waals surface area contributed by atoms with Crippen molar-refractivity contribution in [2.75, 3.05) is 0 Å². The molecule has 64 valence electrons. The highest BCUT2D eigenvalue weighted by Gasteiger charge is 2.08. The summed E-state index contributed by atoms with van der Waals surface area (Å²) in [6.45, 7) is 0.220. The summed E-state index contributed by atoms with van der Waals surface area (Å²) >= 11 is 1.92. The quantitative estimate of drug-likeness (QED) is 0.379. The van der Waals surface area contributed by atoms with Crippen molar-refractivity contribution in [2.45, 2.75) is 6.54 Å². The number of nitrogens with zero attached hydrogens (tertiary/aromatic N) is 2. The Kier molecular flexibility index (Phi) is 2.93. The van der Waals surface area contributed by atoms with Crippen LogP contribution in [0.25, 0.3) is 0 Å². The van der Waals surface area contributed by atoms with Crippen LogP contribution in [0.1, 0.15) is 5.69 Å². The van der Waals surface area contributed by atoms with Gasteiger partial charge in [-0.05, 0) is 22.6 Å². The van der Waals surface area contributed by atoms with Gasteiger partial charge in [0.15, 0.2) is 0 Å². The summed E-state index contributed by atoms with van der Waals surface area (Å²) < 4.78 is 0.585. The van der Waals surface area contributed by atoms with E-state index in [2.05, 4.69) is 4.98 Å². The minimum atomic E-state index is -0.455. The standard InChI is InChI=1S/C6H6IN3O2/c7-6-2-5(10(11)12)1-4(3-8)9-6/h1-2H,3,8H2. The Morgan fingerprint density at radius 1 is 1.67 bits per heavy atom. The van der Waals surface area contributed by atoms with Crippen LogP contribution in [0.3, 0.4) is 0 Å². The zero-order valence-corrected chi connectivity index (χ0v) is 8.19. The lowest BCUT2D eigenvalue weighted by atomic mass is 10.3. The Balaban J connectivity index is 3.15. The molecular weight excluding hydrogens is 273 g/mol. The highest BCUT2D eigenvalue weighted by atomic mass is 127. The molecule has 1 aromatic rings. The van der Waals surface area contributed by atoms with Crippen molar-refractivity contribution in [1.29, 1.82) is 0 Å². The molecule has 0 saturated carbocycles. The molecule has 0 atom stereocenters. The van der Waals surface area contributed by atoms with Crippen LogP contribution in [0.15, 0.2) is 12.1 Å². The van der Waals surface area contributed by atoms with Crippen LogP contribution in [-0.2, 0) is 6.54 Å². The Morgan fingerprint density at radius 3 is 2.83 bits per heavy atom. The topological polar surface area (TPSA) is 82.0 Å². The van der Waals surface area contributed by atoms with Crippen LogP contribution in [-0.4, -0.2) is 9.91 Å². The number of aromatic nitrogens is 1. The molecule has 0 aromatic carbocycles. The lowest BCUT2D eigenvalue weighted by Gasteiger charge is -1.96. The van der Waals surface area contributed by atoms with E-state index in [1.807, 2.05) is 22.6 Å². The predicted octanol–water partition coefficient (Wildman–Crippen LogP) is 1.05. The molecule has 0 amide bonds. The van der Waals surface area contributed by atoms with E-state index in [0.29, 0.717) is 9.39 Å². The average molecular weight is 279 g/mol. The first kappa shape index (κ1) is 9.33. The van der Waals surface area contributed by atoms with Gasteiger partial charge in [-0.2, -0.15) is 0 Å². The summed E-state index contributed by atoms with van der Waals surface area (Å²) in [6.07, 6.45) is 0. The average Bonchev–Trinajstić information content (AvgIpc) is 2.03. The monoisotopic (exact) mass is 279 g/mol. The molecule has 0 bridgehead atoms. The van der Waals surface area contributed by atoms with Crippen LogP contribution in [0.5, 0.6) is 0 Å². The summed E-state index contributed by atoms with van der Waals surface area (Å²) in [7, 11) is 0. The number of rotatable bonds is 2. The number of hydrogen-bond acceptors (Lipinski definition) is 4. The molecule has 2 N–H and O–H groups in total. The van der Waals surface area contributed by atoms with Gasteiger partial charge in [0.1, 0.15) is 3.70 Å². The van der Waals surface area contributed by atoms with E-state index in [-0.39, 0.29) is 12.2 Å². The van der Waals surface area contributed by atoms with Crippen LogP contribution in [0.4, 0.5) is 5.69 Å². The molecule has 1 heterocycles. The van der Waals surface area contributed by atoms with Crippen LogP contribution >= 0.6 is 22.6 Å². The molecule has 0 aliphatic heterocycles. The van der Waals surface area contributed by atoms with E-state index in [0.717, 1.165) is 0 Å². The predicted molar refractivity (Wildman–Crippen MR) is 51.5 cm³/mol. The minimum Gasteiger partial charge on any atom is -0.325 e. The zero-order valence-electron chi connectivity index (χ0n) is 6.03. The fourth-order valence-corrected chi connectivity index (χ4v) is 1.38. The van der Waals surface area contributed by atoms with Gasteiger partial charge in [-0.3, -0.25) is 10.1 Å². The number of nitrogens with two attached hydrogens (primary N) is 1. The van der Waals surface area contributed by atoms with Gasteiger partial charge in [-0.25, -0.2) is 4.98 Å². The van der Waals surface area contributed by atoms with Crippen molar-refractivity contribution < 1.29 is 4.92 Å². The van der Waals surface area contributed by atoms with Gasteiger partial charge in [0.25, 0.3) is 5.69 Å². The molecule has 0 aliphatic rings. The second-order valence-electron chi connectivity index (χ2n) is 2.10. The van der Waals surface area contributed by atoms with Crippen molar-refractivity contribution in [3.8, 4) is 0 Å². The van der Waals surface area contributed by atoms with E-state index in [1.165, 1.54) is 12.1 Å². The minimum absolute atomic E-state index is 0.0369. The molecule has 6 heteroatoms. The second-order valence-corrected chi connectivity index (χ2v) is 3.21. The first-order valence-electron chi connectivity index (χ1n) is 3.14. The number of halogens is 1. The van der Waals surface area contributed by atoms with Gasteiger partial charge < -0.3 is 5.73 Å². The fourth-order valence-electron chi connectivity index (χ4n) is 0.746. The van der Waals surface area contributed by atoms with E-state index in [4.69, 9.17) is 5.73 Å². The third-order valence-electron chi connectivity index (χ3n) is 1.25. The van der Waals surface area contributed by atoms with E-state index < -0.39 is 4.92 Å². The van der Waals surface area contributed by atoms with Crippen LogP contribution in [0, 0.1) is 13.8 Å². The number of hydrogen-bond donors (Lipinski definition) is 1. The first-order valence-corrected chi connectivity index (χ1v) is 4.22. The summed E-state index contributed by atoms with van der Waals surface area (Å²) in [5.74, 6) is 0. The summed E-state index contributed by atoms with van der Waals surface area (Å²) in [6, 6.07) is 2.78. The molecule has 0 saturated heterocycles. The summed E-state index contributed by atoms with van der Waals surface area (Å²) in [5, 5.41) is 10.4. The molecule has 12 heavy (non-hydrogen) atoms. The lowest BCUT2D eigenvalue weighted by Crippen LogP contribution is -2.02. The van der Waals surface area contributed by atoms with E-state index >= 15 is 0 Å². The van der Waals surface area contributed by atoms with Gasteiger partial charge in [-0.1, -0.05) is 0 Å². The van der Waals surface area contributed by atoms with Crippen molar-refractivity contribution in [2.24, 2.45) is 5.73 Å². The largest absolute Gasteiger partial charge is 0.325 e. The normalized spacial score (nSPS) is 9.83. The van der Waals surface area contributed by atoms with Gasteiger partial charge >= 0.3 is 0 Å². The third-order valence-corrected chi connectivity index (χ3v) is 1.80. The molecule has 1 aromatic heterocycles. The SMILES string of the molecule is NCc1cc([N+](=O)[O-])cc(I)n1. The van der Waals surface area contributed by atoms with Gasteiger partial charge in [0.05, 0.1) is 10.6 Å². The van der Waals surface area contributed by atoms with Crippen molar-refractivity contribution in [3.05, 3.63) is 31.6 Å². The number of nitro groups is 1. The molecule has 5 nitrogen and oxygen atoms in total. The van der Waals surface area contributed by atoms with E-state index in [1.54, 1.807) is 0 Å². The van der Waals surface area contributed by atoms with Gasteiger partial charge in [0.2, 0.25) is 0 Å². The molecule has 0 aliphatic carbocycles. The Labute approximate surface area is 82.3 Å². The van der Waals surface area contributed by atoms with Crippen LogP contribution in [0.2, 0.25) is 0 Å². The molecule has 0 fully saturated rings. The molecule has 0 spiro atoms. The van der Waals surface area contributed by atoms with Gasteiger partial charge in [-0.15, -0.1) is 0 Å². The first-order chi connectivity index (χ1) is 5.63. The smallest absolute Gasteiger partial charge is 0.273 e. The number of pyridine rings is 1. The molecular formula is C6H6IN3O2. The van der Waals surface area contributed by atoms with Crippen molar-refractivity contribution >= 4 is 28.3 Å². The maximum atomic E-state index is 10.4. The Bertz CT molecular complexity index is 316. The maximum absolute atomic E-state index is 10.4. The highest BCUT2D eigenvalue weighted by Crippen LogP contribution is 2.14.